The number of carbonyl (C=O) groups excluding carboxylic acids is 1. The molecule has 1 heterocycles. The summed E-state index contributed by atoms with van der Waals surface area (Å²) in [6.45, 7) is 3.34. The molecule has 0 radical (unpaired) electrons. The lowest BCUT2D eigenvalue weighted by molar-refractivity contribution is -0.115. The molecule has 2 aromatic rings. The maximum Gasteiger partial charge on any atom is 0.243 e. The highest BCUT2D eigenvalue weighted by Crippen LogP contribution is 2.26. The van der Waals surface area contributed by atoms with Gasteiger partial charge in [-0.25, -0.2) is 0 Å². The highest BCUT2D eigenvalue weighted by Gasteiger charge is 2.18. The fourth-order valence-electron chi connectivity index (χ4n) is 2.87. The third kappa shape index (κ3) is 3.33. The third-order valence-electron chi connectivity index (χ3n) is 3.98. The van der Waals surface area contributed by atoms with Crippen molar-refractivity contribution in [3.63, 3.8) is 0 Å². The van der Waals surface area contributed by atoms with E-state index in [1.165, 1.54) is 11.3 Å². The molecular formula is C18H19BrN2O. The van der Waals surface area contributed by atoms with Crippen LogP contribution in [-0.4, -0.2) is 19.0 Å². The van der Waals surface area contributed by atoms with Crippen molar-refractivity contribution in [2.24, 2.45) is 0 Å². The molecule has 0 saturated heterocycles. The first-order valence-corrected chi connectivity index (χ1v) is 8.31. The van der Waals surface area contributed by atoms with Crippen LogP contribution in [0.25, 0.3) is 0 Å². The first-order chi connectivity index (χ1) is 10.6. The van der Waals surface area contributed by atoms with Crippen molar-refractivity contribution in [3.8, 4) is 0 Å². The molecule has 0 bridgehead atoms. The second-order valence-electron chi connectivity index (χ2n) is 5.67. The van der Waals surface area contributed by atoms with Crippen LogP contribution in [0.15, 0.2) is 46.9 Å². The molecule has 0 aromatic heterocycles. The number of para-hydroxylation sites is 1. The van der Waals surface area contributed by atoms with Crippen LogP contribution in [0.5, 0.6) is 0 Å². The predicted octanol–water partition coefficient (Wildman–Crippen LogP) is 4.15. The Balaban J connectivity index is 1.69. The molecule has 0 fully saturated rings. The molecule has 0 atom stereocenters. The first-order valence-electron chi connectivity index (χ1n) is 7.52. The van der Waals surface area contributed by atoms with E-state index >= 15 is 0 Å². The maximum atomic E-state index is 12.3. The number of hydrogen-bond donors (Lipinski definition) is 1. The van der Waals surface area contributed by atoms with Gasteiger partial charge in [-0.2, -0.15) is 0 Å². The molecule has 1 aliphatic heterocycles. The van der Waals surface area contributed by atoms with Gasteiger partial charge in [0.2, 0.25) is 5.91 Å². The zero-order valence-electron chi connectivity index (χ0n) is 12.6. The summed E-state index contributed by atoms with van der Waals surface area (Å²) in [5.41, 5.74) is 4.48. The summed E-state index contributed by atoms with van der Waals surface area (Å²) in [5.74, 6) is 0.0263. The van der Waals surface area contributed by atoms with Crippen LogP contribution in [0.2, 0.25) is 0 Å². The van der Waals surface area contributed by atoms with E-state index in [9.17, 15) is 4.79 Å². The second kappa shape index (κ2) is 6.53. The largest absolute Gasteiger partial charge is 0.362 e. The van der Waals surface area contributed by atoms with Gasteiger partial charge < -0.3 is 10.2 Å². The molecular weight excluding hydrogens is 340 g/mol. The van der Waals surface area contributed by atoms with E-state index in [0.29, 0.717) is 6.54 Å². The zero-order valence-corrected chi connectivity index (χ0v) is 14.2. The van der Waals surface area contributed by atoms with Crippen LogP contribution in [0.3, 0.4) is 0 Å². The average Bonchev–Trinajstić information content (AvgIpc) is 2.51. The Morgan fingerprint density at radius 1 is 1.27 bits per heavy atom. The topological polar surface area (TPSA) is 32.3 Å². The lowest BCUT2D eigenvalue weighted by atomic mass is 10.0. The number of benzene rings is 2. The monoisotopic (exact) mass is 358 g/mol. The lowest BCUT2D eigenvalue weighted by Gasteiger charge is -2.30. The zero-order chi connectivity index (χ0) is 15.5. The van der Waals surface area contributed by atoms with Crippen molar-refractivity contribution in [2.75, 3.05) is 23.3 Å². The van der Waals surface area contributed by atoms with E-state index in [4.69, 9.17) is 0 Å². The highest BCUT2D eigenvalue weighted by molar-refractivity contribution is 9.10. The molecule has 4 heteroatoms. The van der Waals surface area contributed by atoms with Crippen LogP contribution < -0.4 is 10.2 Å². The highest BCUT2D eigenvalue weighted by atomic mass is 79.9. The van der Waals surface area contributed by atoms with E-state index in [1.54, 1.807) is 0 Å². The quantitative estimate of drug-likeness (QED) is 0.893. The van der Waals surface area contributed by atoms with Gasteiger partial charge in [-0.3, -0.25) is 4.79 Å². The van der Waals surface area contributed by atoms with E-state index in [-0.39, 0.29) is 5.91 Å². The van der Waals surface area contributed by atoms with Gasteiger partial charge in [0.05, 0.1) is 6.54 Å². The fraction of sp³-hybridized carbons (Fsp3) is 0.278. The molecule has 0 saturated carbocycles. The van der Waals surface area contributed by atoms with Gasteiger partial charge in [-0.1, -0.05) is 34.1 Å². The van der Waals surface area contributed by atoms with Crippen LogP contribution in [0, 0.1) is 6.92 Å². The summed E-state index contributed by atoms with van der Waals surface area (Å²) in [4.78, 5) is 14.5. The van der Waals surface area contributed by atoms with Crippen molar-refractivity contribution in [2.45, 2.75) is 19.8 Å². The Kier molecular flexibility index (Phi) is 4.48. The summed E-state index contributed by atoms with van der Waals surface area (Å²) < 4.78 is 1.05. The van der Waals surface area contributed by atoms with E-state index < -0.39 is 0 Å². The van der Waals surface area contributed by atoms with Gasteiger partial charge in [-0.15, -0.1) is 0 Å². The fourth-order valence-corrected chi connectivity index (χ4v) is 3.12. The first kappa shape index (κ1) is 15.1. The molecule has 3 nitrogen and oxygen atoms in total. The smallest absolute Gasteiger partial charge is 0.243 e. The van der Waals surface area contributed by atoms with Crippen molar-refractivity contribution in [1.82, 2.24) is 0 Å². The van der Waals surface area contributed by atoms with Crippen LogP contribution in [0.4, 0.5) is 11.4 Å². The Hall–Kier alpha value is -1.81. The normalized spacial score (nSPS) is 13.6. The number of amides is 1. The third-order valence-corrected chi connectivity index (χ3v) is 4.87. The summed E-state index contributed by atoms with van der Waals surface area (Å²) in [6.07, 6.45) is 2.20. The minimum absolute atomic E-state index is 0.0263. The van der Waals surface area contributed by atoms with E-state index in [0.717, 1.165) is 35.1 Å². The maximum absolute atomic E-state index is 12.3. The van der Waals surface area contributed by atoms with Gasteiger partial charge in [0.25, 0.3) is 0 Å². The molecule has 1 N–H and O–H groups in total. The average molecular weight is 359 g/mol. The molecule has 1 aliphatic rings. The lowest BCUT2D eigenvalue weighted by Crippen LogP contribution is -2.36. The number of halogens is 1. The number of aryl methyl sites for hydroxylation is 2. The summed E-state index contributed by atoms with van der Waals surface area (Å²) in [7, 11) is 0. The van der Waals surface area contributed by atoms with Crippen LogP contribution in [0.1, 0.15) is 17.5 Å². The van der Waals surface area contributed by atoms with E-state index in [1.807, 2.05) is 31.2 Å². The minimum Gasteiger partial charge on any atom is -0.362 e. The predicted molar refractivity (Wildman–Crippen MR) is 94.5 cm³/mol. The van der Waals surface area contributed by atoms with Crippen LogP contribution in [-0.2, 0) is 11.2 Å². The van der Waals surface area contributed by atoms with Crippen LogP contribution >= 0.6 is 15.9 Å². The molecule has 1 amide bonds. The van der Waals surface area contributed by atoms with Crippen molar-refractivity contribution >= 4 is 33.2 Å². The number of nitrogens with one attached hydrogen (secondary N) is 1. The second-order valence-corrected chi connectivity index (χ2v) is 6.52. The summed E-state index contributed by atoms with van der Waals surface area (Å²) in [5, 5.41) is 2.99. The Morgan fingerprint density at radius 2 is 2.09 bits per heavy atom. The number of fused-ring (bicyclic) bond motifs is 1. The Bertz CT molecular complexity index is 699. The van der Waals surface area contributed by atoms with Gasteiger partial charge in [0.15, 0.2) is 0 Å². The molecule has 114 valence electrons. The summed E-state index contributed by atoms with van der Waals surface area (Å²) >= 11 is 3.47. The molecule has 0 spiro atoms. The van der Waals surface area contributed by atoms with E-state index in [2.05, 4.69) is 44.3 Å². The standard InChI is InChI=1S/C18H19BrN2O/c1-13-11-15(8-9-16(13)19)20-18(22)12-21-10-4-6-14-5-2-3-7-17(14)21/h2-3,5,7-9,11H,4,6,10,12H2,1H3,(H,20,22). The number of carbonyl (C=O) groups is 1. The number of hydrogen-bond acceptors (Lipinski definition) is 2. The number of nitrogens with zero attached hydrogens (tertiary/aromatic N) is 1. The van der Waals surface area contributed by atoms with Gasteiger partial charge in [0, 0.05) is 22.4 Å². The molecule has 2 aromatic carbocycles. The van der Waals surface area contributed by atoms with Crippen molar-refractivity contribution < 1.29 is 4.79 Å². The number of anilines is 2. The molecule has 22 heavy (non-hydrogen) atoms. The Labute approximate surface area is 139 Å². The van der Waals surface area contributed by atoms with Crippen molar-refractivity contribution in [3.05, 3.63) is 58.1 Å². The Morgan fingerprint density at radius 3 is 2.91 bits per heavy atom. The summed E-state index contributed by atoms with van der Waals surface area (Å²) in [6, 6.07) is 14.2. The number of rotatable bonds is 3. The molecule has 3 rings (SSSR count). The molecule has 0 unspecified atom stereocenters. The SMILES string of the molecule is Cc1cc(NC(=O)CN2CCCc3ccccc32)ccc1Br. The molecule has 0 aliphatic carbocycles. The van der Waals surface area contributed by atoms with Crippen molar-refractivity contribution in [1.29, 1.82) is 0 Å². The van der Waals surface area contributed by atoms with Gasteiger partial charge in [0.1, 0.15) is 0 Å². The van der Waals surface area contributed by atoms with Gasteiger partial charge in [-0.05, 0) is 55.2 Å². The van der Waals surface area contributed by atoms with Gasteiger partial charge >= 0.3 is 0 Å². The minimum atomic E-state index is 0.0263.